The van der Waals surface area contributed by atoms with Crippen molar-refractivity contribution in [1.29, 1.82) is 0 Å². The Morgan fingerprint density at radius 2 is 2.08 bits per heavy atom. The van der Waals surface area contributed by atoms with Gasteiger partial charge in [0, 0.05) is 37.4 Å². The summed E-state index contributed by atoms with van der Waals surface area (Å²) in [5.74, 6) is 0.678. The number of hydrogen-bond acceptors (Lipinski definition) is 4. The maximum atomic E-state index is 11.9. The minimum Gasteiger partial charge on any atom is -0.325 e. The third-order valence-electron chi connectivity index (χ3n) is 4.61. The number of benzene rings is 1. The van der Waals surface area contributed by atoms with Gasteiger partial charge < -0.3 is 15.5 Å². The summed E-state index contributed by atoms with van der Waals surface area (Å²) in [5.41, 5.74) is 2.07. The summed E-state index contributed by atoms with van der Waals surface area (Å²) in [4.78, 5) is 16.3. The van der Waals surface area contributed by atoms with Gasteiger partial charge in [-0.25, -0.2) is 0 Å². The second kappa shape index (κ2) is 8.60. The molecule has 2 N–H and O–H groups in total. The van der Waals surface area contributed by atoms with Crippen LogP contribution in [0.4, 0.5) is 5.69 Å². The number of carbonyl (C=O) groups excluding carboxylic acids is 1. The van der Waals surface area contributed by atoms with Gasteiger partial charge in [-0.2, -0.15) is 0 Å². The number of amides is 1. The minimum atomic E-state index is 0.0158. The van der Waals surface area contributed by atoms with Gasteiger partial charge in [0.25, 0.3) is 0 Å². The van der Waals surface area contributed by atoms with Crippen LogP contribution in [0.2, 0.25) is 0 Å². The van der Waals surface area contributed by atoms with Crippen LogP contribution in [0.5, 0.6) is 0 Å². The lowest BCUT2D eigenvalue weighted by Gasteiger charge is -2.20. The van der Waals surface area contributed by atoms with Crippen LogP contribution in [-0.4, -0.2) is 61.5 Å². The fraction of sp³-hybridized carbons (Fsp3) is 0.632. The molecule has 2 rings (SSSR count). The van der Waals surface area contributed by atoms with E-state index in [0.717, 1.165) is 25.3 Å². The number of nitrogens with zero attached hydrogens (tertiary/aromatic N) is 2. The summed E-state index contributed by atoms with van der Waals surface area (Å²) in [6.45, 7) is 10.3. The molecule has 1 aliphatic heterocycles. The standard InChI is InChI=1S/C19H32N4O/c1-14(2)23-11-15(3)18(12-23)20-10-16-7-6-8-17(9-16)21-19(24)13-22(4)5/h6-9,14-15,18,20H,10-13H2,1-5H3,(H,21,24)/t15-,18+/m0/s1. The molecule has 24 heavy (non-hydrogen) atoms. The quantitative estimate of drug-likeness (QED) is 0.802. The van der Waals surface area contributed by atoms with Crippen molar-refractivity contribution >= 4 is 11.6 Å². The van der Waals surface area contributed by atoms with Gasteiger partial charge in [0.1, 0.15) is 0 Å². The van der Waals surface area contributed by atoms with Crippen molar-refractivity contribution in [3.63, 3.8) is 0 Å². The van der Waals surface area contributed by atoms with E-state index in [4.69, 9.17) is 0 Å². The van der Waals surface area contributed by atoms with Crippen LogP contribution in [0.1, 0.15) is 26.3 Å². The van der Waals surface area contributed by atoms with Crippen LogP contribution in [0.15, 0.2) is 24.3 Å². The molecule has 1 aromatic rings. The lowest BCUT2D eigenvalue weighted by molar-refractivity contribution is -0.116. The Hall–Kier alpha value is -1.43. The predicted octanol–water partition coefficient (Wildman–Crippen LogP) is 2.00. The van der Waals surface area contributed by atoms with Gasteiger partial charge in [-0.15, -0.1) is 0 Å². The Labute approximate surface area is 146 Å². The smallest absolute Gasteiger partial charge is 0.238 e. The fourth-order valence-electron chi connectivity index (χ4n) is 3.19. The Bertz CT molecular complexity index is 544. The van der Waals surface area contributed by atoms with Crippen molar-refractivity contribution in [2.75, 3.05) is 39.0 Å². The largest absolute Gasteiger partial charge is 0.325 e. The van der Waals surface area contributed by atoms with E-state index in [1.165, 1.54) is 5.56 Å². The molecule has 1 aliphatic rings. The van der Waals surface area contributed by atoms with Gasteiger partial charge in [0.15, 0.2) is 0 Å². The van der Waals surface area contributed by atoms with Gasteiger partial charge in [0.2, 0.25) is 5.91 Å². The predicted molar refractivity (Wildman–Crippen MR) is 100 cm³/mol. The molecule has 1 fully saturated rings. The maximum Gasteiger partial charge on any atom is 0.238 e. The first-order valence-electron chi connectivity index (χ1n) is 8.86. The number of carbonyl (C=O) groups is 1. The van der Waals surface area contributed by atoms with Crippen molar-refractivity contribution in [2.24, 2.45) is 5.92 Å². The zero-order chi connectivity index (χ0) is 17.7. The van der Waals surface area contributed by atoms with E-state index in [2.05, 4.69) is 48.4 Å². The molecule has 5 nitrogen and oxygen atoms in total. The van der Waals surface area contributed by atoms with E-state index in [1.54, 1.807) is 0 Å². The first-order valence-corrected chi connectivity index (χ1v) is 8.86. The SMILES string of the molecule is CC(C)N1C[C@H](C)[C@H](NCc2cccc(NC(=O)CN(C)C)c2)C1. The lowest BCUT2D eigenvalue weighted by atomic mass is 10.1. The molecule has 1 aromatic carbocycles. The highest BCUT2D eigenvalue weighted by Gasteiger charge is 2.30. The Morgan fingerprint density at radius 3 is 2.71 bits per heavy atom. The van der Waals surface area contributed by atoms with E-state index in [0.29, 0.717) is 24.5 Å². The molecule has 0 radical (unpaired) electrons. The molecule has 134 valence electrons. The molecule has 0 aliphatic carbocycles. The normalized spacial score (nSPS) is 21.6. The number of nitrogens with one attached hydrogen (secondary N) is 2. The minimum absolute atomic E-state index is 0.0158. The first kappa shape index (κ1) is 18.9. The van der Waals surface area contributed by atoms with Crippen molar-refractivity contribution in [2.45, 2.75) is 39.4 Å². The average Bonchev–Trinajstić information content (AvgIpc) is 2.86. The number of likely N-dealkylation sites (tertiary alicyclic amines) is 1. The molecular weight excluding hydrogens is 300 g/mol. The molecule has 0 unspecified atom stereocenters. The topological polar surface area (TPSA) is 47.6 Å². The number of anilines is 1. The molecule has 0 bridgehead atoms. The molecule has 1 saturated heterocycles. The Kier molecular flexibility index (Phi) is 6.78. The van der Waals surface area contributed by atoms with Crippen molar-refractivity contribution in [3.05, 3.63) is 29.8 Å². The molecular formula is C19H32N4O. The highest BCUT2D eigenvalue weighted by molar-refractivity contribution is 5.92. The lowest BCUT2D eigenvalue weighted by Crippen LogP contribution is -2.36. The summed E-state index contributed by atoms with van der Waals surface area (Å²) < 4.78 is 0. The van der Waals surface area contributed by atoms with E-state index in [1.807, 2.05) is 31.1 Å². The number of likely N-dealkylation sites (N-methyl/N-ethyl adjacent to an activating group) is 1. The van der Waals surface area contributed by atoms with Crippen molar-refractivity contribution in [1.82, 2.24) is 15.1 Å². The van der Waals surface area contributed by atoms with Crippen LogP contribution in [0.25, 0.3) is 0 Å². The zero-order valence-electron chi connectivity index (χ0n) is 15.7. The van der Waals surface area contributed by atoms with Gasteiger partial charge >= 0.3 is 0 Å². The maximum absolute atomic E-state index is 11.9. The van der Waals surface area contributed by atoms with E-state index < -0.39 is 0 Å². The summed E-state index contributed by atoms with van der Waals surface area (Å²) in [6, 6.07) is 9.24. The van der Waals surface area contributed by atoms with E-state index in [-0.39, 0.29) is 5.91 Å². The molecule has 5 heteroatoms. The molecule has 0 spiro atoms. The van der Waals surface area contributed by atoms with E-state index in [9.17, 15) is 4.79 Å². The molecule has 1 heterocycles. The molecule has 1 amide bonds. The van der Waals surface area contributed by atoms with Crippen LogP contribution < -0.4 is 10.6 Å². The zero-order valence-corrected chi connectivity index (χ0v) is 15.7. The summed E-state index contributed by atoms with van der Waals surface area (Å²) in [5, 5.41) is 6.64. The summed E-state index contributed by atoms with van der Waals surface area (Å²) in [6.07, 6.45) is 0. The third kappa shape index (κ3) is 5.58. The average molecular weight is 332 g/mol. The van der Waals surface area contributed by atoms with Gasteiger partial charge in [-0.1, -0.05) is 19.1 Å². The van der Waals surface area contributed by atoms with Crippen molar-refractivity contribution in [3.8, 4) is 0 Å². The molecule has 0 aromatic heterocycles. The number of hydrogen-bond donors (Lipinski definition) is 2. The summed E-state index contributed by atoms with van der Waals surface area (Å²) >= 11 is 0. The van der Waals surface area contributed by atoms with Crippen molar-refractivity contribution < 1.29 is 4.79 Å². The fourth-order valence-corrected chi connectivity index (χ4v) is 3.19. The summed E-state index contributed by atoms with van der Waals surface area (Å²) in [7, 11) is 3.78. The molecule has 2 atom stereocenters. The highest BCUT2D eigenvalue weighted by Crippen LogP contribution is 2.19. The Balaban J connectivity index is 1.87. The van der Waals surface area contributed by atoms with Gasteiger partial charge in [-0.3, -0.25) is 9.69 Å². The first-order chi connectivity index (χ1) is 11.3. The second-order valence-electron chi connectivity index (χ2n) is 7.50. The van der Waals surface area contributed by atoms with Gasteiger partial charge in [-0.05, 0) is 51.6 Å². The van der Waals surface area contributed by atoms with Crippen LogP contribution in [-0.2, 0) is 11.3 Å². The molecule has 0 saturated carbocycles. The number of rotatable bonds is 7. The monoisotopic (exact) mass is 332 g/mol. The van der Waals surface area contributed by atoms with Crippen LogP contribution >= 0.6 is 0 Å². The second-order valence-corrected chi connectivity index (χ2v) is 7.50. The van der Waals surface area contributed by atoms with Crippen LogP contribution in [0, 0.1) is 5.92 Å². The highest BCUT2D eigenvalue weighted by atomic mass is 16.2. The van der Waals surface area contributed by atoms with Gasteiger partial charge in [0.05, 0.1) is 6.54 Å². The third-order valence-corrected chi connectivity index (χ3v) is 4.61. The Morgan fingerprint density at radius 1 is 1.33 bits per heavy atom. The van der Waals surface area contributed by atoms with Crippen LogP contribution in [0.3, 0.4) is 0 Å². The van der Waals surface area contributed by atoms with E-state index >= 15 is 0 Å².